The summed E-state index contributed by atoms with van der Waals surface area (Å²) in [5.41, 5.74) is 2.73. The van der Waals surface area contributed by atoms with Crippen LogP contribution in [0.5, 0.6) is 0 Å². The van der Waals surface area contributed by atoms with E-state index < -0.39 is 0 Å². The average molecular weight is 244 g/mol. The Kier molecular flexibility index (Phi) is 1.98. The summed E-state index contributed by atoms with van der Waals surface area (Å²) < 4.78 is 6.15. The first-order chi connectivity index (χ1) is 8.57. The summed E-state index contributed by atoms with van der Waals surface area (Å²) in [5.74, 6) is 2.73. The molecule has 18 heavy (non-hydrogen) atoms. The van der Waals surface area contributed by atoms with Gasteiger partial charge in [-0.25, -0.2) is 0 Å². The van der Waals surface area contributed by atoms with Gasteiger partial charge in [-0.05, 0) is 48.2 Å². The van der Waals surface area contributed by atoms with Crippen LogP contribution in [0.3, 0.4) is 0 Å². The van der Waals surface area contributed by atoms with E-state index >= 15 is 0 Å². The van der Waals surface area contributed by atoms with E-state index in [1.165, 1.54) is 12.0 Å². The molecule has 0 aromatic carbocycles. The van der Waals surface area contributed by atoms with Crippen LogP contribution in [0.4, 0.5) is 0 Å². The molecule has 3 saturated carbocycles. The minimum atomic E-state index is 0.284. The van der Waals surface area contributed by atoms with Crippen LogP contribution in [0.1, 0.15) is 46.0 Å². The average Bonchev–Trinajstić information content (AvgIpc) is 2.36. The molecule has 2 bridgehead atoms. The van der Waals surface area contributed by atoms with Crippen LogP contribution < -0.4 is 0 Å². The Morgan fingerprint density at radius 3 is 2.89 bits per heavy atom. The number of rotatable bonds is 0. The lowest BCUT2D eigenvalue weighted by atomic mass is 9.46. The first kappa shape index (κ1) is 10.8. The van der Waals surface area contributed by atoms with Crippen LogP contribution in [0.2, 0.25) is 0 Å². The van der Waals surface area contributed by atoms with Gasteiger partial charge >= 0.3 is 0 Å². The second-order valence-electron chi connectivity index (χ2n) is 6.91. The lowest BCUT2D eigenvalue weighted by Crippen LogP contribution is -2.54. The van der Waals surface area contributed by atoms with Crippen LogP contribution in [0, 0.1) is 17.3 Å². The van der Waals surface area contributed by atoms with Crippen molar-refractivity contribution in [1.82, 2.24) is 0 Å². The number of hydrogen-bond donors (Lipinski definition) is 0. The smallest absolute Gasteiger partial charge is 0.166 e. The Bertz CT molecular complexity index is 495. The molecule has 5 aliphatic rings. The van der Waals surface area contributed by atoms with Crippen LogP contribution in [0.15, 0.2) is 23.0 Å². The molecule has 0 saturated heterocycles. The van der Waals surface area contributed by atoms with Crippen molar-refractivity contribution < 1.29 is 9.53 Å². The summed E-state index contributed by atoms with van der Waals surface area (Å²) in [5, 5.41) is 0. The van der Waals surface area contributed by atoms with Gasteiger partial charge in [0.25, 0.3) is 0 Å². The van der Waals surface area contributed by atoms with Crippen molar-refractivity contribution in [3.05, 3.63) is 23.0 Å². The Balaban J connectivity index is 1.76. The summed E-state index contributed by atoms with van der Waals surface area (Å²) >= 11 is 0. The van der Waals surface area contributed by atoms with E-state index in [0.29, 0.717) is 23.5 Å². The number of ether oxygens (including phenoxy) is 1. The lowest BCUT2D eigenvalue weighted by Gasteiger charge is -2.60. The summed E-state index contributed by atoms with van der Waals surface area (Å²) in [6.07, 6.45) is 7.56. The van der Waals surface area contributed by atoms with Crippen LogP contribution in [0.25, 0.3) is 0 Å². The normalized spacial score (nSPS) is 40.2. The molecule has 0 radical (unpaired) electrons. The molecule has 0 amide bonds. The van der Waals surface area contributed by atoms with E-state index in [2.05, 4.69) is 19.9 Å². The molecule has 5 rings (SSSR count). The summed E-state index contributed by atoms with van der Waals surface area (Å²) in [6.45, 7) is 4.74. The Morgan fingerprint density at radius 1 is 1.28 bits per heavy atom. The highest BCUT2D eigenvalue weighted by Crippen LogP contribution is 2.62. The van der Waals surface area contributed by atoms with Gasteiger partial charge in [0.1, 0.15) is 11.9 Å². The predicted octanol–water partition coefficient (Wildman–Crippen LogP) is 3.38. The van der Waals surface area contributed by atoms with Crippen LogP contribution in [-0.4, -0.2) is 11.9 Å². The molecular formula is C16H20O2. The largest absolute Gasteiger partial charge is 0.490 e. The van der Waals surface area contributed by atoms with E-state index in [4.69, 9.17) is 4.74 Å². The van der Waals surface area contributed by atoms with Crippen molar-refractivity contribution in [3.63, 3.8) is 0 Å². The van der Waals surface area contributed by atoms with Crippen molar-refractivity contribution in [2.75, 3.05) is 0 Å². The number of carbonyl (C=O) groups excluding carboxylic acids is 1. The molecule has 4 aliphatic carbocycles. The maximum Gasteiger partial charge on any atom is 0.166 e. The number of carbonyl (C=O) groups is 1. The van der Waals surface area contributed by atoms with Gasteiger partial charge in [0, 0.05) is 12.8 Å². The third kappa shape index (κ3) is 1.21. The third-order valence-corrected chi connectivity index (χ3v) is 5.75. The van der Waals surface area contributed by atoms with E-state index in [0.717, 1.165) is 36.5 Å². The van der Waals surface area contributed by atoms with Crippen molar-refractivity contribution >= 4 is 5.78 Å². The minimum Gasteiger partial charge on any atom is -0.490 e. The maximum atomic E-state index is 12.0. The highest BCUT2D eigenvalue weighted by atomic mass is 16.5. The van der Waals surface area contributed by atoms with E-state index in [1.54, 1.807) is 0 Å². The van der Waals surface area contributed by atoms with E-state index in [1.807, 2.05) is 0 Å². The van der Waals surface area contributed by atoms with Crippen molar-refractivity contribution in [3.8, 4) is 0 Å². The fourth-order valence-corrected chi connectivity index (χ4v) is 4.37. The minimum absolute atomic E-state index is 0.284. The Labute approximate surface area is 108 Å². The third-order valence-electron chi connectivity index (χ3n) is 5.75. The second-order valence-corrected chi connectivity index (χ2v) is 6.91. The second kappa shape index (κ2) is 3.28. The van der Waals surface area contributed by atoms with E-state index in [-0.39, 0.29) is 6.10 Å². The van der Waals surface area contributed by atoms with E-state index in [9.17, 15) is 4.79 Å². The first-order valence-corrected chi connectivity index (χ1v) is 7.22. The molecule has 2 heteroatoms. The van der Waals surface area contributed by atoms with Crippen molar-refractivity contribution in [1.29, 1.82) is 0 Å². The zero-order chi connectivity index (χ0) is 12.5. The van der Waals surface area contributed by atoms with Gasteiger partial charge in [0.2, 0.25) is 0 Å². The first-order valence-electron chi connectivity index (χ1n) is 7.22. The van der Waals surface area contributed by atoms with Gasteiger partial charge in [0.05, 0.1) is 5.57 Å². The van der Waals surface area contributed by atoms with Gasteiger partial charge in [-0.2, -0.15) is 0 Å². The zero-order valence-corrected chi connectivity index (χ0v) is 11.2. The molecule has 3 atom stereocenters. The predicted molar refractivity (Wildman–Crippen MR) is 68.8 cm³/mol. The molecule has 0 N–H and O–H groups in total. The van der Waals surface area contributed by atoms with Crippen molar-refractivity contribution in [2.24, 2.45) is 17.3 Å². The standard InChI is InChI=1S/C16H20O2/c1-16(2)9-6-12(16)10-8-11-13(17)4-3-5-14(11)18-15(10)7-9/h8-9,12,15H,3-7H2,1-2H3/t9-,12+,15-/m0/s1. The zero-order valence-electron chi connectivity index (χ0n) is 11.2. The van der Waals surface area contributed by atoms with Crippen LogP contribution in [-0.2, 0) is 9.53 Å². The van der Waals surface area contributed by atoms with Crippen LogP contribution >= 0.6 is 0 Å². The number of Topliss-reactive ketones (excluding diaryl/α,β-unsaturated/α-hetero) is 1. The lowest BCUT2D eigenvalue weighted by molar-refractivity contribution is -0.117. The SMILES string of the molecule is CC1(C)[C@@H]2C[C@@H]3OC4=C(C=C3[C@H]1C2)C(=O)CCC4. The maximum absolute atomic E-state index is 12.0. The highest BCUT2D eigenvalue weighted by Gasteiger charge is 2.56. The fourth-order valence-electron chi connectivity index (χ4n) is 4.37. The Morgan fingerprint density at radius 2 is 2.11 bits per heavy atom. The molecule has 0 aromatic rings. The number of hydrogen-bond acceptors (Lipinski definition) is 2. The Hall–Kier alpha value is -1.05. The van der Waals surface area contributed by atoms with Crippen molar-refractivity contribution in [2.45, 2.75) is 52.1 Å². The fraction of sp³-hybridized carbons (Fsp3) is 0.688. The summed E-state index contributed by atoms with van der Waals surface area (Å²) in [7, 11) is 0. The van der Waals surface area contributed by atoms with Gasteiger partial charge in [-0.1, -0.05) is 13.8 Å². The topological polar surface area (TPSA) is 26.3 Å². The molecule has 1 heterocycles. The summed E-state index contributed by atoms with van der Waals surface area (Å²) in [4.78, 5) is 12.0. The molecular weight excluding hydrogens is 224 g/mol. The molecule has 0 spiro atoms. The number of ketones is 1. The molecule has 1 aliphatic heterocycles. The van der Waals surface area contributed by atoms with Gasteiger partial charge in [-0.15, -0.1) is 0 Å². The molecule has 0 aromatic heterocycles. The van der Waals surface area contributed by atoms with Gasteiger partial charge in [0.15, 0.2) is 5.78 Å². The quantitative estimate of drug-likeness (QED) is 0.653. The molecule has 2 nitrogen and oxygen atoms in total. The van der Waals surface area contributed by atoms with Gasteiger partial charge < -0.3 is 4.74 Å². The summed E-state index contributed by atoms with van der Waals surface area (Å²) in [6, 6.07) is 0. The molecule has 0 unspecified atom stereocenters. The highest BCUT2D eigenvalue weighted by molar-refractivity contribution is 5.99. The number of allylic oxidation sites excluding steroid dienone is 3. The molecule has 96 valence electrons. The van der Waals surface area contributed by atoms with Gasteiger partial charge in [-0.3, -0.25) is 4.79 Å². The monoisotopic (exact) mass is 244 g/mol. The molecule has 3 fully saturated rings.